The zero-order chi connectivity index (χ0) is 15.8. The van der Waals surface area contributed by atoms with Crippen LogP contribution in [0, 0.1) is 5.82 Å². The average Bonchev–Trinajstić information content (AvgIpc) is 2.37. The van der Waals surface area contributed by atoms with E-state index in [9.17, 15) is 12.8 Å². The van der Waals surface area contributed by atoms with Crippen LogP contribution >= 0.6 is 55.1 Å². The predicted molar refractivity (Wildman–Crippen MR) is 89.1 cm³/mol. The molecule has 1 N–H and O–H groups in total. The van der Waals surface area contributed by atoms with Gasteiger partial charge in [0.15, 0.2) is 0 Å². The molecule has 112 valence electrons. The van der Waals surface area contributed by atoms with E-state index in [-0.39, 0.29) is 20.1 Å². The van der Waals surface area contributed by atoms with E-state index in [1.165, 1.54) is 18.2 Å². The van der Waals surface area contributed by atoms with E-state index in [2.05, 4.69) is 36.6 Å². The van der Waals surface area contributed by atoms with Crippen LogP contribution in [-0.4, -0.2) is 8.42 Å². The molecule has 9 heteroatoms. The van der Waals surface area contributed by atoms with Crippen molar-refractivity contribution in [1.82, 2.24) is 0 Å². The minimum Gasteiger partial charge on any atom is -0.277 e. The Bertz CT molecular complexity index is 792. The highest BCUT2D eigenvalue weighted by Gasteiger charge is 2.19. The summed E-state index contributed by atoms with van der Waals surface area (Å²) in [5.41, 5.74) is 0.0594. The summed E-state index contributed by atoms with van der Waals surface area (Å²) in [5, 5.41) is 0.327. The van der Waals surface area contributed by atoms with Crippen LogP contribution in [0.1, 0.15) is 0 Å². The van der Waals surface area contributed by atoms with E-state index in [0.717, 1.165) is 12.1 Å². The first-order chi connectivity index (χ1) is 9.70. The quantitative estimate of drug-likeness (QED) is 0.638. The molecular formula is C12H6Br2Cl2FNO2S. The Balaban J connectivity index is 2.44. The number of hydrogen-bond donors (Lipinski definition) is 1. The van der Waals surface area contributed by atoms with Crippen molar-refractivity contribution in [2.24, 2.45) is 0 Å². The highest BCUT2D eigenvalue weighted by molar-refractivity contribution is 9.11. The van der Waals surface area contributed by atoms with Crippen molar-refractivity contribution in [3.8, 4) is 0 Å². The van der Waals surface area contributed by atoms with Gasteiger partial charge in [0.1, 0.15) is 5.82 Å². The molecule has 0 bridgehead atoms. The minimum atomic E-state index is -3.89. The van der Waals surface area contributed by atoms with Crippen molar-refractivity contribution in [1.29, 1.82) is 0 Å². The zero-order valence-corrected chi connectivity index (χ0v) is 15.5. The summed E-state index contributed by atoms with van der Waals surface area (Å²) < 4.78 is 40.7. The second kappa shape index (κ2) is 6.42. The predicted octanol–water partition coefficient (Wildman–Crippen LogP) is 5.46. The van der Waals surface area contributed by atoms with E-state index in [1.807, 2.05) is 0 Å². The Hall–Kier alpha value is -0.340. The van der Waals surface area contributed by atoms with Crippen molar-refractivity contribution in [3.63, 3.8) is 0 Å². The highest BCUT2D eigenvalue weighted by atomic mass is 79.9. The van der Waals surface area contributed by atoms with Crippen LogP contribution in [0.2, 0.25) is 10.0 Å². The molecule has 0 aliphatic carbocycles. The first kappa shape index (κ1) is 17.0. The van der Waals surface area contributed by atoms with Gasteiger partial charge in [-0.05, 0) is 62.2 Å². The van der Waals surface area contributed by atoms with Crippen molar-refractivity contribution < 1.29 is 12.8 Å². The topological polar surface area (TPSA) is 46.2 Å². The monoisotopic (exact) mass is 475 g/mol. The van der Waals surface area contributed by atoms with Crippen molar-refractivity contribution >= 4 is 70.8 Å². The molecule has 0 fully saturated rings. The maximum atomic E-state index is 13.1. The van der Waals surface area contributed by atoms with Gasteiger partial charge in [0.05, 0.1) is 20.6 Å². The van der Waals surface area contributed by atoms with Crippen molar-refractivity contribution in [2.75, 3.05) is 4.72 Å². The van der Waals surface area contributed by atoms with Crippen molar-refractivity contribution in [2.45, 2.75) is 4.90 Å². The number of halogens is 5. The van der Waals surface area contributed by atoms with Crippen LogP contribution in [-0.2, 0) is 10.0 Å². The third-order valence-electron chi connectivity index (χ3n) is 2.44. The van der Waals surface area contributed by atoms with Crippen LogP contribution in [0.15, 0.2) is 44.2 Å². The standard InChI is InChI=1S/C12H6Br2Cl2FNO2S/c13-8-5-7(1-2-10(8)15)21(19,20)18-12-9(14)3-6(17)4-11(12)16/h1-5,18H. The molecule has 2 rings (SSSR count). The summed E-state index contributed by atoms with van der Waals surface area (Å²) >= 11 is 17.9. The third-order valence-corrected chi connectivity index (χ3v) is 5.93. The number of anilines is 1. The molecule has 0 atom stereocenters. The van der Waals surface area contributed by atoms with E-state index >= 15 is 0 Å². The molecular weight excluding hydrogens is 472 g/mol. The molecule has 0 aliphatic rings. The summed E-state index contributed by atoms with van der Waals surface area (Å²) in [7, 11) is -3.89. The maximum Gasteiger partial charge on any atom is 0.262 e. The molecule has 0 saturated heterocycles. The van der Waals surface area contributed by atoms with Crippen LogP contribution in [0.4, 0.5) is 10.1 Å². The van der Waals surface area contributed by atoms with Gasteiger partial charge in [0.25, 0.3) is 10.0 Å². The second-order valence-corrected chi connectivity index (χ2v) is 8.13. The smallest absolute Gasteiger partial charge is 0.262 e. The molecule has 0 aliphatic heterocycles. The molecule has 0 amide bonds. The summed E-state index contributed by atoms with van der Waals surface area (Å²) in [6.45, 7) is 0. The number of benzene rings is 2. The summed E-state index contributed by atoms with van der Waals surface area (Å²) in [6.07, 6.45) is 0. The van der Waals surface area contributed by atoms with Crippen LogP contribution in [0.5, 0.6) is 0 Å². The lowest BCUT2D eigenvalue weighted by atomic mass is 10.3. The largest absolute Gasteiger partial charge is 0.277 e. The lowest BCUT2D eigenvalue weighted by Crippen LogP contribution is -2.13. The normalized spacial score (nSPS) is 11.5. The summed E-state index contributed by atoms with van der Waals surface area (Å²) in [4.78, 5) is -0.00827. The van der Waals surface area contributed by atoms with Crippen molar-refractivity contribution in [3.05, 3.63) is 55.1 Å². The molecule has 0 heterocycles. The van der Waals surface area contributed by atoms with Crippen LogP contribution in [0.25, 0.3) is 0 Å². The van der Waals surface area contributed by atoms with Gasteiger partial charge < -0.3 is 0 Å². The van der Waals surface area contributed by atoms with Crippen LogP contribution in [0.3, 0.4) is 0 Å². The second-order valence-electron chi connectivity index (χ2n) is 3.93. The van der Waals surface area contributed by atoms with Gasteiger partial charge in [0, 0.05) is 8.95 Å². The molecule has 0 unspecified atom stereocenters. The van der Waals surface area contributed by atoms with Gasteiger partial charge >= 0.3 is 0 Å². The number of rotatable bonds is 3. The molecule has 3 nitrogen and oxygen atoms in total. The Labute approximate surface area is 147 Å². The van der Waals surface area contributed by atoms with Gasteiger partial charge in [-0.15, -0.1) is 0 Å². The fraction of sp³-hybridized carbons (Fsp3) is 0. The number of nitrogens with one attached hydrogen (secondary N) is 1. The Kier molecular flexibility index (Phi) is 5.20. The van der Waals surface area contributed by atoms with E-state index < -0.39 is 15.8 Å². The van der Waals surface area contributed by atoms with Gasteiger partial charge in [-0.2, -0.15) is 0 Å². The van der Waals surface area contributed by atoms with Gasteiger partial charge in [0.2, 0.25) is 0 Å². The van der Waals surface area contributed by atoms with E-state index in [0.29, 0.717) is 9.50 Å². The molecule has 2 aromatic rings. The molecule has 2 aromatic carbocycles. The molecule has 0 saturated carbocycles. The van der Waals surface area contributed by atoms with Gasteiger partial charge in [-0.1, -0.05) is 23.2 Å². The molecule has 0 aromatic heterocycles. The summed E-state index contributed by atoms with van der Waals surface area (Å²) in [5.74, 6) is -0.580. The lowest BCUT2D eigenvalue weighted by molar-refractivity contribution is 0.601. The lowest BCUT2D eigenvalue weighted by Gasteiger charge is -2.12. The first-order valence-corrected chi connectivity index (χ1v) is 9.15. The third kappa shape index (κ3) is 3.90. The average molecular weight is 478 g/mol. The van der Waals surface area contributed by atoms with Gasteiger partial charge in [-0.25, -0.2) is 12.8 Å². The van der Waals surface area contributed by atoms with E-state index in [4.69, 9.17) is 23.2 Å². The zero-order valence-electron chi connectivity index (χ0n) is 10.0. The Morgan fingerprint density at radius 2 is 1.67 bits per heavy atom. The highest BCUT2D eigenvalue weighted by Crippen LogP contribution is 2.34. The SMILES string of the molecule is O=S(=O)(Nc1c(Cl)cc(F)cc1Br)c1ccc(Cl)c(Br)c1. The van der Waals surface area contributed by atoms with E-state index in [1.54, 1.807) is 0 Å². The maximum absolute atomic E-state index is 13.1. The molecule has 0 spiro atoms. The van der Waals surface area contributed by atoms with Gasteiger partial charge in [-0.3, -0.25) is 4.72 Å². The minimum absolute atomic E-state index is 0.00827. The number of sulfonamides is 1. The summed E-state index contributed by atoms with van der Waals surface area (Å²) in [6, 6.07) is 6.28. The Morgan fingerprint density at radius 1 is 1.00 bits per heavy atom. The molecule has 21 heavy (non-hydrogen) atoms. The fourth-order valence-corrected chi connectivity index (χ4v) is 4.34. The molecule has 0 radical (unpaired) electrons. The Morgan fingerprint density at radius 3 is 2.24 bits per heavy atom. The first-order valence-electron chi connectivity index (χ1n) is 5.33. The number of hydrogen-bond acceptors (Lipinski definition) is 2. The van der Waals surface area contributed by atoms with Crippen LogP contribution < -0.4 is 4.72 Å². The fourth-order valence-electron chi connectivity index (χ4n) is 1.48.